The van der Waals surface area contributed by atoms with E-state index in [2.05, 4.69) is 6.92 Å². The highest BCUT2D eigenvalue weighted by atomic mass is 16.6. The number of rotatable bonds is 5. The summed E-state index contributed by atoms with van der Waals surface area (Å²) in [6, 6.07) is 0. The van der Waals surface area contributed by atoms with Crippen LogP contribution in [0.25, 0.3) is 0 Å². The van der Waals surface area contributed by atoms with E-state index >= 15 is 0 Å². The second-order valence-electron chi connectivity index (χ2n) is 2.74. The lowest BCUT2D eigenvalue weighted by atomic mass is 10.1. The number of hydrogen-bond acceptors (Lipinski definition) is 2. The molecule has 1 amide bonds. The van der Waals surface area contributed by atoms with Crippen molar-refractivity contribution >= 4 is 6.09 Å². The molecule has 0 aromatic carbocycles. The SMILES string of the molecule is CCCCC[C@H](C)OC(N)=O. The molecule has 0 saturated carbocycles. The van der Waals surface area contributed by atoms with Crippen molar-refractivity contribution in [2.75, 3.05) is 0 Å². The lowest BCUT2D eigenvalue weighted by molar-refractivity contribution is 0.110. The van der Waals surface area contributed by atoms with Crippen LogP contribution >= 0.6 is 0 Å². The predicted octanol–water partition coefficient (Wildman–Crippen LogP) is 2.05. The zero-order chi connectivity index (χ0) is 8.69. The Balaban J connectivity index is 3.22. The third-order valence-corrected chi connectivity index (χ3v) is 1.53. The predicted molar refractivity (Wildman–Crippen MR) is 44.3 cm³/mol. The molecule has 0 saturated heterocycles. The third kappa shape index (κ3) is 7.16. The van der Waals surface area contributed by atoms with Gasteiger partial charge in [-0.3, -0.25) is 0 Å². The van der Waals surface area contributed by atoms with E-state index in [-0.39, 0.29) is 6.10 Å². The van der Waals surface area contributed by atoms with Crippen LogP contribution in [0.5, 0.6) is 0 Å². The van der Waals surface area contributed by atoms with Gasteiger partial charge in [0.15, 0.2) is 0 Å². The minimum absolute atomic E-state index is 0.0287. The van der Waals surface area contributed by atoms with Gasteiger partial charge >= 0.3 is 6.09 Å². The van der Waals surface area contributed by atoms with Crippen LogP contribution in [0.1, 0.15) is 39.5 Å². The fraction of sp³-hybridized carbons (Fsp3) is 0.875. The monoisotopic (exact) mass is 159 g/mol. The number of carbonyl (C=O) groups excluding carboxylic acids is 1. The van der Waals surface area contributed by atoms with Gasteiger partial charge in [-0.2, -0.15) is 0 Å². The maximum Gasteiger partial charge on any atom is 0.404 e. The van der Waals surface area contributed by atoms with E-state index in [1.807, 2.05) is 6.92 Å². The average molecular weight is 159 g/mol. The van der Waals surface area contributed by atoms with Gasteiger partial charge < -0.3 is 10.5 Å². The Kier molecular flexibility index (Phi) is 5.61. The van der Waals surface area contributed by atoms with Crippen molar-refractivity contribution < 1.29 is 9.53 Å². The second-order valence-corrected chi connectivity index (χ2v) is 2.74. The molecule has 0 spiro atoms. The average Bonchev–Trinajstić information content (AvgIpc) is 1.86. The van der Waals surface area contributed by atoms with E-state index in [4.69, 9.17) is 10.5 Å². The topological polar surface area (TPSA) is 52.3 Å². The number of unbranched alkanes of at least 4 members (excludes halogenated alkanes) is 2. The Hall–Kier alpha value is -0.730. The van der Waals surface area contributed by atoms with Crippen LogP contribution < -0.4 is 5.73 Å². The van der Waals surface area contributed by atoms with Crippen molar-refractivity contribution in [3.8, 4) is 0 Å². The van der Waals surface area contributed by atoms with Crippen molar-refractivity contribution in [3.63, 3.8) is 0 Å². The van der Waals surface area contributed by atoms with Crippen molar-refractivity contribution in [2.45, 2.75) is 45.6 Å². The van der Waals surface area contributed by atoms with Gasteiger partial charge in [0.1, 0.15) is 6.10 Å². The van der Waals surface area contributed by atoms with E-state index in [1.165, 1.54) is 12.8 Å². The van der Waals surface area contributed by atoms with Crippen LogP contribution in [-0.4, -0.2) is 12.2 Å². The number of nitrogens with two attached hydrogens (primary N) is 1. The van der Waals surface area contributed by atoms with Gasteiger partial charge in [-0.25, -0.2) is 4.79 Å². The van der Waals surface area contributed by atoms with Gasteiger partial charge in [-0.1, -0.05) is 19.8 Å². The molecule has 66 valence electrons. The Labute approximate surface area is 67.9 Å². The fourth-order valence-corrected chi connectivity index (χ4v) is 0.939. The molecular formula is C8H17NO2. The van der Waals surface area contributed by atoms with Gasteiger partial charge in [-0.05, 0) is 19.8 Å². The molecule has 2 N–H and O–H groups in total. The van der Waals surface area contributed by atoms with Crippen LogP contribution in [0.3, 0.4) is 0 Å². The van der Waals surface area contributed by atoms with Gasteiger partial charge in [0.05, 0.1) is 0 Å². The molecule has 0 fully saturated rings. The maximum absolute atomic E-state index is 10.2. The quantitative estimate of drug-likeness (QED) is 0.624. The van der Waals surface area contributed by atoms with Crippen LogP contribution in [0.15, 0.2) is 0 Å². The summed E-state index contributed by atoms with van der Waals surface area (Å²) in [5.41, 5.74) is 4.84. The molecule has 0 aromatic rings. The first kappa shape index (κ1) is 10.3. The molecule has 0 aromatic heterocycles. The van der Waals surface area contributed by atoms with E-state index in [0.29, 0.717) is 0 Å². The van der Waals surface area contributed by atoms with Crippen LogP contribution in [0, 0.1) is 0 Å². The molecule has 0 aliphatic rings. The minimum atomic E-state index is -0.672. The first-order valence-electron chi connectivity index (χ1n) is 4.13. The highest BCUT2D eigenvalue weighted by molar-refractivity contribution is 5.64. The summed E-state index contributed by atoms with van der Waals surface area (Å²) < 4.78 is 4.74. The molecule has 0 aliphatic heterocycles. The number of ether oxygens (including phenoxy) is 1. The summed E-state index contributed by atoms with van der Waals surface area (Å²) in [5, 5.41) is 0. The number of primary amides is 1. The Morgan fingerprint density at radius 3 is 2.64 bits per heavy atom. The van der Waals surface area contributed by atoms with E-state index < -0.39 is 6.09 Å². The summed E-state index contributed by atoms with van der Waals surface area (Å²) in [6.07, 6.45) is 3.69. The van der Waals surface area contributed by atoms with Crippen LogP contribution in [0.2, 0.25) is 0 Å². The van der Waals surface area contributed by atoms with Crippen LogP contribution in [0.4, 0.5) is 4.79 Å². The maximum atomic E-state index is 10.2. The number of carbonyl (C=O) groups is 1. The van der Waals surface area contributed by atoms with Crippen molar-refractivity contribution in [2.24, 2.45) is 5.73 Å². The van der Waals surface area contributed by atoms with Crippen molar-refractivity contribution in [1.82, 2.24) is 0 Å². The van der Waals surface area contributed by atoms with Crippen molar-refractivity contribution in [3.05, 3.63) is 0 Å². The molecule has 1 atom stereocenters. The first-order chi connectivity index (χ1) is 5.16. The Bertz CT molecular complexity index is 115. The molecule has 3 heteroatoms. The zero-order valence-electron chi connectivity index (χ0n) is 7.30. The largest absolute Gasteiger partial charge is 0.447 e. The molecule has 0 unspecified atom stereocenters. The molecule has 0 radical (unpaired) electrons. The minimum Gasteiger partial charge on any atom is -0.447 e. The Morgan fingerprint density at radius 1 is 1.55 bits per heavy atom. The van der Waals surface area contributed by atoms with Crippen LogP contribution in [-0.2, 0) is 4.74 Å². The van der Waals surface area contributed by atoms with Gasteiger partial charge in [0, 0.05) is 0 Å². The van der Waals surface area contributed by atoms with Gasteiger partial charge in [-0.15, -0.1) is 0 Å². The lowest BCUT2D eigenvalue weighted by Crippen LogP contribution is -2.20. The van der Waals surface area contributed by atoms with E-state index in [1.54, 1.807) is 0 Å². The highest BCUT2D eigenvalue weighted by Gasteiger charge is 2.03. The first-order valence-corrected chi connectivity index (χ1v) is 4.13. The molecule has 11 heavy (non-hydrogen) atoms. The third-order valence-electron chi connectivity index (χ3n) is 1.53. The molecule has 0 aliphatic carbocycles. The summed E-state index contributed by atoms with van der Waals surface area (Å²) in [7, 11) is 0. The lowest BCUT2D eigenvalue weighted by Gasteiger charge is -2.09. The zero-order valence-corrected chi connectivity index (χ0v) is 7.30. The smallest absolute Gasteiger partial charge is 0.404 e. The van der Waals surface area contributed by atoms with Gasteiger partial charge in [0.2, 0.25) is 0 Å². The number of amides is 1. The van der Waals surface area contributed by atoms with E-state index in [0.717, 1.165) is 12.8 Å². The van der Waals surface area contributed by atoms with Gasteiger partial charge in [0.25, 0.3) is 0 Å². The molecular weight excluding hydrogens is 142 g/mol. The molecule has 3 nitrogen and oxygen atoms in total. The molecule has 0 heterocycles. The summed E-state index contributed by atoms with van der Waals surface area (Å²) in [6.45, 7) is 4.00. The highest BCUT2D eigenvalue weighted by Crippen LogP contribution is 2.05. The molecule has 0 rings (SSSR count). The number of hydrogen-bond donors (Lipinski definition) is 1. The summed E-state index contributed by atoms with van der Waals surface area (Å²) in [4.78, 5) is 10.2. The summed E-state index contributed by atoms with van der Waals surface area (Å²) in [5.74, 6) is 0. The van der Waals surface area contributed by atoms with E-state index in [9.17, 15) is 4.79 Å². The second kappa shape index (κ2) is 6.01. The normalized spacial score (nSPS) is 12.5. The standard InChI is InChI=1S/C8H17NO2/c1-3-4-5-6-7(2)11-8(9)10/h7H,3-6H2,1-2H3,(H2,9,10)/t7-/m0/s1. The fourth-order valence-electron chi connectivity index (χ4n) is 0.939. The molecule has 0 bridgehead atoms. The Morgan fingerprint density at radius 2 is 2.18 bits per heavy atom. The summed E-state index contributed by atoms with van der Waals surface area (Å²) >= 11 is 0. The van der Waals surface area contributed by atoms with Crippen molar-refractivity contribution in [1.29, 1.82) is 0 Å².